The Kier molecular flexibility index (Phi) is 5.96. The van der Waals surface area contributed by atoms with Crippen molar-refractivity contribution in [1.82, 2.24) is 20.0 Å². The van der Waals surface area contributed by atoms with Crippen LogP contribution in [0.4, 0.5) is 0 Å². The highest BCUT2D eigenvalue weighted by Gasteiger charge is 2.36. The van der Waals surface area contributed by atoms with E-state index in [9.17, 15) is 0 Å². The zero-order chi connectivity index (χ0) is 18.5. The molecule has 8 nitrogen and oxygen atoms in total. The fourth-order valence-corrected chi connectivity index (χ4v) is 3.85. The fraction of sp³-hybridized carbons (Fsp3) is 0.632. The molecule has 0 N–H and O–H groups in total. The summed E-state index contributed by atoms with van der Waals surface area (Å²) >= 11 is 0. The third-order valence-corrected chi connectivity index (χ3v) is 5.20. The zero-order valence-electron chi connectivity index (χ0n) is 15.7. The SMILES string of the molecule is COCCOc1ccnc(-c2noc(C3CCCN3C3CCOCC3)n2)c1. The largest absolute Gasteiger partial charge is 0.491 e. The van der Waals surface area contributed by atoms with Gasteiger partial charge in [0.05, 0.1) is 12.6 Å². The Morgan fingerprint density at radius 1 is 1.22 bits per heavy atom. The van der Waals surface area contributed by atoms with Gasteiger partial charge in [0.15, 0.2) is 0 Å². The molecule has 4 rings (SSSR count). The van der Waals surface area contributed by atoms with Gasteiger partial charge in [0, 0.05) is 38.6 Å². The lowest BCUT2D eigenvalue weighted by Crippen LogP contribution is -2.39. The molecule has 4 heterocycles. The first kappa shape index (κ1) is 18.3. The topological polar surface area (TPSA) is 82.7 Å². The van der Waals surface area contributed by atoms with Crippen LogP contribution >= 0.6 is 0 Å². The van der Waals surface area contributed by atoms with Gasteiger partial charge >= 0.3 is 0 Å². The van der Waals surface area contributed by atoms with Gasteiger partial charge in [-0.05, 0) is 38.3 Å². The van der Waals surface area contributed by atoms with E-state index < -0.39 is 0 Å². The maximum absolute atomic E-state index is 5.64. The summed E-state index contributed by atoms with van der Waals surface area (Å²) in [6.07, 6.45) is 6.03. The Balaban J connectivity index is 1.47. The molecule has 1 unspecified atom stereocenters. The molecule has 0 radical (unpaired) electrons. The van der Waals surface area contributed by atoms with Crippen molar-refractivity contribution in [1.29, 1.82) is 0 Å². The summed E-state index contributed by atoms with van der Waals surface area (Å²) in [5.74, 6) is 1.90. The van der Waals surface area contributed by atoms with Gasteiger partial charge in [0.1, 0.15) is 18.1 Å². The molecule has 0 spiro atoms. The Morgan fingerprint density at radius 3 is 2.96 bits per heavy atom. The molecular weight excluding hydrogens is 348 g/mol. The second-order valence-corrected chi connectivity index (χ2v) is 6.91. The van der Waals surface area contributed by atoms with Crippen molar-refractivity contribution >= 4 is 0 Å². The van der Waals surface area contributed by atoms with Crippen molar-refractivity contribution in [3.8, 4) is 17.3 Å². The van der Waals surface area contributed by atoms with Crippen LogP contribution in [0.15, 0.2) is 22.9 Å². The van der Waals surface area contributed by atoms with Gasteiger partial charge in [0.2, 0.25) is 11.7 Å². The van der Waals surface area contributed by atoms with E-state index in [1.165, 1.54) is 0 Å². The molecular formula is C19H26N4O4. The second-order valence-electron chi connectivity index (χ2n) is 6.91. The van der Waals surface area contributed by atoms with Crippen molar-refractivity contribution < 1.29 is 18.7 Å². The number of hydrogen-bond acceptors (Lipinski definition) is 8. The molecule has 2 fully saturated rings. The first-order chi connectivity index (χ1) is 13.3. The van der Waals surface area contributed by atoms with Gasteiger partial charge in [-0.15, -0.1) is 0 Å². The number of rotatable bonds is 7. The maximum Gasteiger partial charge on any atom is 0.244 e. The lowest BCUT2D eigenvalue weighted by molar-refractivity contribution is 0.0243. The molecule has 2 aromatic heterocycles. The Morgan fingerprint density at radius 2 is 2.11 bits per heavy atom. The van der Waals surface area contributed by atoms with Crippen molar-refractivity contribution in [2.45, 2.75) is 37.8 Å². The summed E-state index contributed by atoms with van der Waals surface area (Å²) in [6.45, 7) is 3.77. The zero-order valence-corrected chi connectivity index (χ0v) is 15.7. The molecule has 2 aromatic rings. The number of aromatic nitrogens is 3. The highest BCUT2D eigenvalue weighted by molar-refractivity contribution is 5.50. The summed E-state index contributed by atoms with van der Waals surface area (Å²) in [4.78, 5) is 11.5. The molecule has 146 valence electrons. The summed E-state index contributed by atoms with van der Waals surface area (Å²) in [5, 5.41) is 4.17. The molecule has 8 heteroatoms. The third kappa shape index (κ3) is 4.28. The Labute approximate surface area is 158 Å². The van der Waals surface area contributed by atoms with Crippen LogP contribution in [-0.4, -0.2) is 66.1 Å². The summed E-state index contributed by atoms with van der Waals surface area (Å²) in [5.41, 5.74) is 0.649. The highest BCUT2D eigenvalue weighted by Crippen LogP contribution is 2.35. The second kappa shape index (κ2) is 8.77. The average molecular weight is 374 g/mol. The number of nitrogens with zero attached hydrogens (tertiary/aromatic N) is 4. The first-order valence-corrected chi connectivity index (χ1v) is 9.60. The monoisotopic (exact) mass is 374 g/mol. The van der Waals surface area contributed by atoms with Crippen LogP contribution in [-0.2, 0) is 9.47 Å². The van der Waals surface area contributed by atoms with E-state index in [0.717, 1.165) is 45.4 Å². The van der Waals surface area contributed by atoms with Crippen LogP contribution in [0.1, 0.15) is 37.6 Å². The summed E-state index contributed by atoms with van der Waals surface area (Å²) in [6, 6.07) is 4.37. The molecule has 27 heavy (non-hydrogen) atoms. The lowest BCUT2D eigenvalue weighted by atomic mass is 10.1. The molecule has 2 aliphatic heterocycles. The van der Waals surface area contributed by atoms with E-state index in [0.29, 0.717) is 42.4 Å². The van der Waals surface area contributed by atoms with E-state index >= 15 is 0 Å². The van der Waals surface area contributed by atoms with Gasteiger partial charge in [-0.25, -0.2) is 0 Å². The molecule has 0 aromatic carbocycles. The Bertz CT molecular complexity index is 732. The van der Waals surface area contributed by atoms with Gasteiger partial charge in [0.25, 0.3) is 0 Å². The standard InChI is InChI=1S/C19H26N4O4/c1-24-11-12-26-15-4-7-20-16(13-15)18-21-19(27-22-18)17-3-2-8-23(17)14-5-9-25-10-6-14/h4,7,13-14,17H,2-3,5-6,8-12H2,1H3. The molecule has 0 amide bonds. The van der Waals surface area contributed by atoms with E-state index in [1.807, 2.05) is 12.1 Å². The van der Waals surface area contributed by atoms with Crippen LogP contribution < -0.4 is 4.74 Å². The predicted molar refractivity (Wildman–Crippen MR) is 97.4 cm³/mol. The third-order valence-electron chi connectivity index (χ3n) is 5.20. The van der Waals surface area contributed by atoms with Crippen LogP contribution in [0.3, 0.4) is 0 Å². The van der Waals surface area contributed by atoms with E-state index in [4.69, 9.17) is 18.7 Å². The molecule has 0 saturated carbocycles. The van der Waals surface area contributed by atoms with Crippen LogP contribution in [0.25, 0.3) is 11.5 Å². The lowest BCUT2D eigenvalue weighted by Gasteiger charge is -2.33. The number of hydrogen-bond donors (Lipinski definition) is 0. The van der Waals surface area contributed by atoms with E-state index in [2.05, 4.69) is 20.0 Å². The number of methoxy groups -OCH3 is 1. The van der Waals surface area contributed by atoms with E-state index in [-0.39, 0.29) is 6.04 Å². The van der Waals surface area contributed by atoms with Crippen LogP contribution in [0, 0.1) is 0 Å². The minimum Gasteiger partial charge on any atom is -0.491 e. The minimum absolute atomic E-state index is 0.190. The molecule has 2 saturated heterocycles. The number of pyridine rings is 1. The van der Waals surface area contributed by atoms with Gasteiger partial charge in [-0.3, -0.25) is 9.88 Å². The van der Waals surface area contributed by atoms with Crippen molar-refractivity contribution in [2.75, 3.05) is 40.1 Å². The minimum atomic E-state index is 0.190. The van der Waals surface area contributed by atoms with Gasteiger partial charge in [-0.1, -0.05) is 5.16 Å². The average Bonchev–Trinajstić information content (AvgIpc) is 3.39. The highest BCUT2D eigenvalue weighted by atomic mass is 16.5. The van der Waals surface area contributed by atoms with Gasteiger partial charge < -0.3 is 18.7 Å². The Hall–Kier alpha value is -2.03. The van der Waals surface area contributed by atoms with Crippen LogP contribution in [0.5, 0.6) is 5.75 Å². The predicted octanol–water partition coefficient (Wildman–Crippen LogP) is 2.47. The van der Waals surface area contributed by atoms with Crippen molar-refractivity contribution in [2.24, 2.45) is 0 Å². The smallest absolute Gasteiger partial charge is 0.244 e. The molecule has 0 bridgehead atoms. The van der Waals surface area contributed by atoms with Crippen molar-refractivity contribution in [3.05, 3.63) is 24.2 Å². The first-order valence-electron chi connectivity index (χ1n) is 9.60. The quantitative estimate of drug-likeness (QED) is 0.684. The van der Waals surface area contributed by atoms with Gasteiger partial charge in [-0.2, -0.15) is 4.98 Å². The van der Waals surface area contributed by atoms with Crippen molar-refractivity contribution in [3.63, 3.8) is 0 Å². The van der Waals surface area contributed by atoms with Crippen LogP contribution in [0.2, 0.25) is 0 Å². The molecule has 1 atom stereocenters. The normalized spacial score (nSPS) is 21.6. The number of ether oxygens (including phenoxy) is 3. The molecule has 0 aliphatic carbocycles. The summed E-state index contributed by atoms with van der Waals surface area (Å²) in [7, 11) is 1.65. The maximum atomic E-state index is 5.64. The van der Waals surface area contributed by atoms with E-state index in [1.54, 1.807) is 13.3 Å². The summed E-state index contributed by atoms with van der Waals surface area (Å²) < 4.78 is 21.8. The number of likely N-dealkylation sites (tertiary alicyclic amines) is 1. The molecule has 2 aliphatic rings. The fourth-order valence-electron chi connectivity index (χ4n) is 3.85.